The van der Waals surface area contributed by atoms with Crippen LogP contribution >= 0.6 is 0 Å². The van der Waals surface area contributed by atoms with Crippen molar-refractivity contribution in [3.8, 4) is 23.1 Å². The molecule has 2 aliphatic rings. The monoisotopic (exact) mass is 452 g/mol. The van der Waals surface area contributed by atoms with Gasteiger partial charge in [-0.2, -0.15) is 0 Å². The Labute approximate surface area is 190 Å². The van der Waals surface area contributed by atoms with E-state index in [-0.39, 0.29) is 30.7 Å². The molecule has 2 aromatic heterocycles. The van der Waals surface area contributed by atoms with Crippen LogP contribution in [-0.4, -0.2) is 53.2 Å². The van der Waals surface area contributed by atoms with Gasteiger partial charge in [0, 0.05) is 31.3 Å². The third-order valence-corrected chi connectivity index (χ3v) is 5.64. The summed E-state index contributed by atoms with van der Waals surface area (Å²) >= 11 is 0. The second-order valence-corrected chi connectivity index (χ2v) is 7.97. The number of nitrogens with zero attached hydrogens (tertiary/aromatic N) is 4. The molecule has 1 aromatic carbocycles. The van der Waals surface area contributed by atoms with E-state index in [1.165, 1.54) is 6.26 Å². The van der Waals surface area contributed by atoms with E-state index >= 15 is 0 Å². The Morgan fingerprint density at radius 1 is 1.18 bits per heavy atom. The lowest BCUT2D eigenvalue weighted by Gasteiger charge is -2.24. The number of rotatable bonds is 7. The molecule has 0 spiro atoms. The summed E-state index contributed by atoms with van der Waals surface area (Å²) in [6.07, 6.45) is 2.43. The first-order valence-electron chi connectivity index (χ1n) is 11.0. The van der Waals surface area contributed by atoms with Crippen LogP contribution in [0.1, 0.15) is 25.7 Å². The quantitative estimate of drug-likeness (QED) is 0.538. The zero-order chi connectivity index (χ0) is 22.8. The zero-order valence-electron chi connectivity index (χ0n) is 18.2. The molecule has 3 aromatic rings. The van der Waals surface area contributed by atoms with Gasteiger partial charge in [0.15, 0.2) is 17.3 Å². The molecule has 0 radical (unpaired) electrons. The van der Waals surface area contributed by atoms with E-state index < -0.39 is 5.92 Å². The van der Waals surface area contributed by atoms with Gasteiger partial charge in [0.2, 0.25) is 17.7 Å². The molecule has 1 fully saturated rings. The second kappa shape index (κ2) is 8.97. The van der Waals surface area contributed by atoms with Crippen LogP contribution in [-0.2, 0) is 16.1 Å². The highest BCUT2D eigenvalue weighted by molar-refractivity contribution is 6.00. The van der Waals surface area contributed by atoms with Gasteiger partial charge < -0.3 is 28.1 Å². The van der Waals surface area contributed by atoms with Gasteiger partial charge in [-0.25, -0.2) is 0 Å². The molecule has 10 heteroatoms. The second-order valence-electron chi connectivity index (χ2n) is 7.97. The number of carbonyl (C=O) groups is 2. The Morgan fingerprint density at radius 2 is 2.03 bits per heavy atom. The zero-order valence-corrected chi connectivity index (χ0v) is 18.2. The number of fused-ring (bicyclic) bond motifs is 1. The van der Waals surface area contributed by atoms with Crippen LogP contribution in [0.4, 0.5) is 5.69 Å². The third-order valence-electron chi connectivity index (χ3n) is 5.64. The highest BCUT2D eigenvalue weighted by Crippen LogP contribution is 2.36. The SMILES string of the molecule is CCCN(Cc1nnc(-c2ccco2)o1)C(=O)[C@H]1CC(=O)N(c2ccc3c(c2)OCCO3)C1. The summed E-state index contributed by atoms with van der Waals surface area (Å²) in [7, 11) is 0. The molecule has 4 heterocycles. The van der Waals surface area contributed by atoms with E-state index in [0.717, 1.165) is 6.42 Å². The summed E-state index contributed by atoms with van der Waals surface area (Å²) in [6.45, 7) is 3.96. The van der Waals surface area contributed by atoms with Crippen LogP contribution < -0.4 is 14.4 Å². The number of aromatic nitrogens is 2. The van der Waals surface area contributed by atoms with Gasteiger partial charge >= 0.3 is 0 Å². The molecule has 172 valence electrons. The number of furan rings is 1. The summed E-state index contributed by atoms with van der Waals surface area (Å²) in [5.41, 5.74) is 0.696. The fourth-order valence-electron chi connectivity index (χ4n) is 4.10. The predicted molar refractivity (Wildman–Crippen MR) is 116 cm³/mol. The van der Waals surface area contributed by atoms with Gasteiger partial charge in [-0.05, 0) is 30.7 Å². The van der Waals surface area contributed by atoms with Gasteiger partial charge in [0.25, 0.3) is 5.89 Å². The molecule has 2 amide bonds. The van der Waals surface area contributed by atoms with E-state index in [1.54, 1.807) is 34.1 Å². The smallest absolute Gasteiger partial charge is 0.283 e. The minimum Gasteiger partial charge on any atom is -0.486 e. The summed E-state index contributed by atoms with van der Waals surface area (Å²) in [4.78, 5) is 29.4. The number of benzene rings is 1. The highest BCUT2D eigenvalue weighted by atomic mass is 16.6. The van der Waals surface area contributed by atoms with Crippen molar-refractivity contribution in [1.82, 2.24) is 15.1 Å². The Hall–Kier alpha value is -3.82. The lowest BCUT2D eigenvalue weighted by molar-refractivity contribution is -0.136. The number of carbonyl (C=O) groups excluding carboxylic acids is 2. The van der Waals surface area contributed by atoms with Crippen molar-refractivity contribution in [3.63, 3.8) is 0 Å². The van der Waals surface area contributed by atoms with Gasteiger partial charge in [-0.1, -0.05) is 6.92 Å². The fourth-order valence-corrected chi connectivity index (χ4v) is 4.10. The van der Waals surface area contributed by atoms with Crippen molar-refractivity contribution in [2.45, 2.75) is 26.3 Å². The molecule has 0 aliphatic carbocycles. The van der Waals surface area contributed by atoms with Crippen molar-refractivity contribution in [2.75, 3.05) is 31.2 Å². The molecule has 0 unspecified atom stereocenters. The Balaban J connectivity index is 1.28. The first-order valence-corrected chi connectivity index (χ1v) is 11.0. The molecular formula is C23H24N4O6. The topological polar surface area (TPSA) is 111 Å². The van der Waals surface area contributed by atoms with Crippen LogP contribution in [0.25, 0.3) is 11.7 Å². The minimum absolute atomic E-state index is 0.0978. The average Bonchev–Trinajstić information content (AvgIpc) is 3.59. The van der Waals surface area contributed by atoms with E-state index in [9.17, 15) is 9.59 Å². The van der Waals surface area contributed by atoms with Gasteiger partial charge in [0.05, 0.1) is 18.7 Å². The molecule has 10 nitrogen and oxygen atoms in total. The Bertz CT molecular complexity index is 1140. The minimum atomic E-state index is -0.454. The van der Waals surface area contributed by atoms with Crippen molar-refractivity contribution in [2.24, 2.45) is 5.92 Å². The van der Waals surface area contributed by atoms with Crippen molar-refractivity contribution < 1.29 is 27.9 Å². The van der Waals surface area contributed by atoms with Crippen molar-refractivity contribution >= 4 is 17.5 Å². The molecule has 33 heavy (non-hydrogen) atoms. The van der Waals surface area contributed by atoms with Gasteiger partial charge in [0.1, 0.15) is 13.2 Å². The van der Waals surface area contributed by atoms with Crippen LogP contribution in [0.5, 0.6) is 11.5 Å². The summed E-state index contributed by atoms with van der Waals surface area (Å²) in [6, 6.07) is 8.86. The van der Waals surface area contributed by atoms with Crippen LogP contribution in [0.15, 0.2) is 45.4 Å². The normalized spacial score (nSPS) is 17.4. The number of ether oxygens (including phenoxy) is 2. The molecule has 5 rings (SSSR count). The predicted octanol–water partition coefficient (Wildman–Crippen LogP) is 2.89. The number of hydrogen-bond acceptors (Lipinski definition) is 8. The average molecular weight is 452 g/mol. The van der Waals surface area contributed by atoms with Crippen LogP contribution in [0.3, 0.4) is 0 Å². The van der Waals surface area contributed by atoms with E-state index in [4.69, 9.17) is 18.3 Å². The third kappa shape index (κ3) is 4.28. The molecule has 1 atom stereocenters. The molecule has 0 saturated carbocycles. The molecule has 0 N–H and O–H groups in total. The molecular weight excluding hydrogens is 428 g/mol. The first kappa shape index (κ1) is 21.0. The summed E-state index contributed by atoms with van der Waals surface area (Å²) in [5, 5.41) is 8.04. The molecule has 2 aliphatic heterocycles. The van der Waals surface area contributed by atoms with Crippen LogP contribution in [0.2, 0.25) is 0 Å². The number of anilines is 1. The Morgan fingerprint density at radius 3 is 2.82 bits per heavy atom. The van der Waals surface area contributed by atoms with Gasteiger partial charge in [-0.3, -0.25) is 9.59 Å². The van der Waals surface area contributed by atoms with E-state index in [0.29, 0.717) is 55.1 Å². The maximum Gasteiger partial charge on any atom is 0.283 e. The molecule has 1 saturated heterocycles. The Kier molecular flexibility index (Phi) is 5.72. The fraction of sp³-hybridized carbons (Fsp3) is 0.391. The van der Waals surface area contributed by atoms with Gasteiger partial charge in [-0.15, -0.1) is 10.2 Å². The van der Waals surface area contributed by atoms with E-state index in [2.05, 4.69) is 10.2 Å². The maximum atomic E-state index is 13.3. The van der Waals surface area contributed by atoms with E-state index in [1.807, 2.05) is 13.0 Å². The first-order chi connectivity index (χ1) is 16.1. The summed E-state index contributed by atoms with van der Waals surface area (Å²) < 4.78 is 22.1. The van der Waals surface area contributed by atoms with Crippen molar-refractivity contribution in [3.05, 3.63) is 42.5 Å². The van der Waals surface area contributed by atoms with Crippen molar-refractivity contribution in [1.29, 1.82) is 0 Å². The largest absolute Gasteiger partial charge is 0.486 e. The highest BCUT2D eigenvalue weighted by Gasteiger charge is 2.38. The number of amides is 2. The lowest BCUT2D eigenvalue weighted by atomic mass is 10.1. The lowest BCUT2D eigenvalue weighted by Crippen LogP contribution is -2.37. The maximum absolute atomic E-state index is 13.3. The van der Waals surface area contributed by atoms with Crippen LogP contribution in [0, 0.1) is 5.92 Å². The molecule has 0 bridgehead atoms. The standard InChI is InChI=1S/C23H24N4O6/c1-2-7-26(14-20-24-25-22(33-20)18-4-3-8-30-18)23(29)15-11-21(28)27(13-15)16-5-6-17-19(12-16)32-10-9-31-17/h3-6,8,12,15H,2,7,9-11,13-14H2,1H3/t15-/m0/s1. The number of hydrogen-bond donors (Lipinski definition) is 0. The summed E-state index contributed by atoms with van der Waals surface area (Å²) in [5.74, 6) is 1.66.